The first kappa shape index (κ1) is 31.1. The molecular weight excluding hydrogens is 578 g/mol. The molecule has 0 unspecified atom stereocenters. The van der Waals surface area contributed by atoms with Gasteiger partial charge in [-0.1, -0.05) is 72.8 Å². The van der Waals surface area contributed by atoms with Gasteiger partial charge in [0.05, 0.1) is 30.7 Å². The molecular formula is C37H41N5O4. The molecule has 0 N–H and O–H groups in total. The fourth-order valence-electron chi connectivity index (χ4n) is 6.20. The summed E-state index contributed by atoms with van der Waals surface area (Å²) in [7, 11) is 3.46. The average molecular weight is 620 g/mol. The molecule has 0 aliphatic carbocycles. The normalized spacial score (nSPS) is 13.7. The first-order chi connectivity index (χ1) is 22.5. The van der Waals surface area contributed by atoms with Gasteiger partial charge in [0.25, 0.3) is 5.91 Å². The zero-order valence-electron chi connectivity index (χ0n) is 26.5. The molecule has 1 aliphatic heterocycles. The van der Waals surface area contributed by atoms with Gasteiger partial charge >= 0.3 is 6.09 Å². The number of carbonyl (C=O) groups is 2. The van der Waals surface area contributed by atoms with Crippen LogP contribution < -0.4 is 0 Å². The number of likely N-dealkylation sites (N-methyl/N-ethyl adjacent to an activating group) is 1. The lowest BCUT2D eigenvalue weighted by Gasteiger charge is -2.31. The van der Waals surface area contributed by atoms with Crippen LogP contribution in [0.25, 0.3) is 21.9 Å². The van der Waals surface area contributed by atoms with E-state index in [1.54, 1.807) is 12.0 Å². The van der Waals surface area contributed by atoms with Crippen LogP contribution in [0.15, 0.2) is 97.7 Å². The van der Waals surface area contributed by atoms with Gasteiger partial charge in [0.2, 0.25) is 0 Å². The third-order valence-corrected chi connectivity index (χ3v) is 8.84. The van der Waals surface area contributed by atoms with E-state index >= 15 is 0 Å². The Morgan fingerprint density at radius 1 is 0.935 bits per heavy atom. The molecule has 238 valence electrons. The van der Waals surface area contributed by atoms with Gasteiger partial charge in [0.15, 0.2) is 0 Å². The maximum absolute atomic E-state index is 13.7. The predicted octanol–water partition coefficient (Wildman–Crippen LogP) is 6.32. The molecule has 6 rings (SSSR count). The molecule has 46 heavy (non-hydrogen) atoms. The molecule has 5 aromatic rings. The van der Waals surface area contributed by atoms with Crippen LogP contribution in [0.3, 0.4) is 0 Å². The van der Waals surface area contributed by atoms with Gasteiger partial charge in [-0.05, 0) is 40.7 Å². The summed E-state index contributed by atoms with van der Waals surface area (Å²) in [5.41, 5.74) is 4.65. The highest BCUT2D eigenvalue weighted by atomic mass is 16.6. The average Bonchev–Trinajstić information content (AvgIpc) is 3.72. The van der Waals surface area contributed by atoms with Gasteiger partial charge in [-0.25, -0.2) is 9.78 Å². The Balaban J connectivity index is 1.15. The van der Waals surface area contributed by atoms with Gasteiger partial charge in [-0.2, -0.15) is 0 Å². The number of amides is 2. The number of piperidine rings is 1. The van der Waals surface area contributed by atoms with Crippen LogP contribution >= 0.6 is 0 Å². The molecule has 3 heterocycles. The lowest BCUT2D eigenvalue weighted by Crippen LogP contribution is -2.39. The zero-order valence-corrected chi connectivity index (χ0v) is 26.5. The summed E-state index contributed by atoms with van der Waals surface area (Å²) >= 11 is 0. The maximum Gasteiger partial charge on any atom is 0.410 e. The number of likely N-dealkylation sites (tertiary alicyclic amines) is 1. The van der Waals surface area contributed by atoms with E-state index in [9.17, 15) is 9.59 Å². The van der Waals surface area contributed by atoms with Crippen LogP contribution in [0.2, 0.25) is 0 Å². The number of aromatic nitrogens is 3. The van der Waals surface area contributed by atoms with E-state index in [0.29, 0.717) is 44.3 Å². The van der Waals surface area contributed by atoms with Crippen molar-refractivity contribution < 1.29 is 19.1 Å². The summed E-state index contributed by atoms with van der Waals surface area (Å²) in [6.07, 6.45) is 9.38. The van der Waals surface area contributed by atoms with E-state index in [4.69, 9.17) is 9.47 Å². The van der Waals surface area contributed by atoms with Crippen molar-refractivity contribution in [1.29, 1.82) is 0 Å². The maximum atomic E-state index is 13.7. The largest absolute Gasteiger partial charge is 0.445 e. The third-order valence-electron chi connectivity index (χ3n) is 8.84. The first-order valence-electron chi connectivity index (χ1n) is 15.9. The van der Waals surface area contributed by atoms with E-state index < -0.39 is 0 Å². The van der Waals surface area contributed by atoms with Gasteiger partial charge in [0, 0.05) is 64.5 Å². The SMILES string of the molecule is COCCN(C)C(=O)c1cn(Cc2cncn2CC2CCN(C(=O)OCc3ccccc3)CC2)cc1-c1cccc2ccccc12. The minimum absolute atomic E-state index is 0.0405. The number of methoxy groups -OCH3 is 1. The van der Waals surface area contributed by atoms with Crippen LogP contribution in [0.1, 0.15) is 34.5 Å². The van der Waals surface area contributed by atoms with E-state index in [0.717, 1.165) is 52.5 Å². The number of benzene rings is 3. The van der Waals surface area contributed by atoms with Crippen molar-refractivity contribution in [3.8, 4) is 11.1 Å². The predicted molar refractivity (Wildman–Crippen MR) is 178 cm³/mol. The summed E-state index contributed by atoms with van der Waals surface area (Å²) in [4.78, 5) is 34.4. The molecule has 1 aliphatic rings. The minimum Gasteiger partial charge on any atom is -0.445 e. The second kappa shape index (κ2) is 14.5. The summed E-state index contributed by atoms with van der Waals surface area (Å²) < 4.78 is 15.1. The van der Waals surface area contributed by atoms with Crippen molar-refractivity contribution in [2.75, 3.05) is 40.4 Å². The van der Waals surface area contributed by atoms with Crippen LogP contribution in [0.4, 0.5) is 4.79 Å². The number of fused-ring (bicyclic) bond motifs is 1. The number of ether oxygens (including phenoxy) is 2. The topological polar surface area (TPSA) is 81.8 Å². The van der Waals surface area contributed by atoms with Crippen molar-refractivity contribution >= 4 is 22.8 Å². The van der Waals surface area contributed by atoms with Gasteiger partial charge in [-0.3, -0.25) is 4.79 Å². The molecule has 9 nitrogen and oxygen atoms in total. The monoisotopic (exact) mass is 619 g/mol. The smallest absolute Gasteiger partial charge is 0.410 e. The number of nitrogens with zero attached hydrogens (tertiary/aromatic N) is 5. The molecule has 2 amide bonds. The fraction of sp³-hybridized carbons (Fsp3) is 0.324. The van der Waals surface area contributed by atoms with Crippen LogP contribution in [0.5, 0.6) is 0 Å². The van der Waals surface area contributed by atoms with Crippen molar-refractivity contribution in [2.24, 2.45) is 5.92 Å². The van der Waals surface area contributed by atoms with Gasteiger partial charge in [0.1, 0.15) is 6.61 Å². The zero-order chi connectivity index (χ0) is 31.9. The quantitative estimate of drug-likeness (QED) is 0.173. The molecule has 0 saturated carbocycles. The highest BCUT2D eigenvalue weighted by Gasteiger charge is 2.25. The van der Waals surface area contributed by atoms with Crippen LogP contribution in [-0.4, -0.2) is 76.3 Å². The third kappa shape index (κ3) is 7.15. The highest BCUT2D eigenvalue weighted by molar-refractivity contribution is 6.06. The Kier molecular flexibility index (Phi) is 9.79. The number of imidazole rings is 1. The number of hydrogen-bond donors (Lipinski definition) is 0. The second-order valence-electron chi connectivity index (χ2n) is 12.0. The molecule has 0 bridgehead atoms. The first-order valence-corrected chi connectivity index (χ1v) is 15.9. The van der Waals surface area contributed by atoms with Crippen molar-refractivity contribution in [3.05, 3.63) is 115 Å². The summed E-state index contributed by atoms with van der Waals surface area (Å²) in [6, 6.07) is 24.3. The second-order valence-corrected chi connectivity index (χ2v) is 12.0. The molecule has 2 aromatic heterocycles. The Labute approximate surface area is 270 Å². The van der Waals surface area contributed by atoms with Crippen molar-refractivity contribution in [2.45, 2.75) is 32.5 Å². The molecule has 1 saturated heterocycles. The number of carbonyl (C=O) groups excluding carboxylic acids is 2. The molecule has 1 fully saturated rings. The Bertz CT molecular complexity index is 1770. The van der Waals surface area contributed by atoms with Crippen LogP contribution in [-0.2, 0) is 29.2 Å². The van der Waals surface area contributed by atoms with Crippen LogP contribution in [0, 0.1) is 5.92 Å². The Morgan fingerprint density at radius 3 is 2.50 bits per heavy atom. The van der Waals surface area contributed by atoms with Crippen molar-refractivity contribution in [1.82, 2.24) is 23.9 Å². The molecule has 9 heteroatoms. The molecule has 0 atom stereocenters. The number of hydrogen-bond acceptors (Lipinski definition) is 5. The highest BCUT2D eigenvalue weighted by Crippen LogP contribution is 2.33. The molecule has 0 spiro atoms. The van der Waals surface area contributed by atoms with Gasteiger partial charge in [-0.15, -0.1) is 0 Å². The Morgan fingerprint density at radius 2 is 1.70 bits per heavy atom. The lowest BCUT2D eigenvalue weighted by atomic mass is 9.97. The fourth-order valence-corrected chi connectivity index (χ4v) is 6.20. The standard InChI is InChI=1S/C37H41N5O4/c1-39(19-20-45-2)36(43)35-25-40(24-34(35)33-14-8-12-30-11-6-7-13-32(30)33)23-31-21-38-27-42(31)22-28-15-17-41(18-16-28)37(44)46-26-29-9-4-3-5-10-29/h3-14,21,24-25,27-28H,15-20,22-23,26H2,1-2H3. The minimum atomic E-state index is -0.251. The van der Waals surface area contributed by atoms with Crippen molar-refractivity contribution in [3.63, 3.8) is 0 Å². The van der Waals surface area contributed by atoms with E-state index in [1.807, 2.05) is 79.2 Å². The lowest BCUT2D eigenvalue weighted by molar-refractivity contribution is 0.0744. The Hall–Kier alpha value is -4.89. The summed E-state index contributed by atoms with van der Waals surface area (Å²) in [6.45, 7) is 4.02. The van der Waals surface area contributed by atoms with E-state index in [-0.39, 0.29) is 18.6 Å². The molecule has 0 radical (unpaired) electrons. The van der Waals surface area contributed by atoms with E-state index in [1.165, 1.54) is 0 Å². The van der Waals surface area contributed by atoms with E-state index in [2.05, 4.69) is 44.6 Å². The summed E-state index contributed by atoms with van der Waals surface area (Å²) in [5.74, 6) is 0.384. The molecule has 3 aromatic carbocycles. The summed E-state index contributed by atoms with van der Waals surface area (Å²) in [5, 5.41) is 2.24. The number of rotatable bonds is 11. The van der Waals surface area contributed by atoms with Gasteiger partial charge < -0.3 is 28.4 Å².